The van der Waals surface area contributed by atoms with E-state index in [2.05, 4.69) is 16.9 Å². The van der Waals surface area contributed by atoms with E-state index in [1.807, 2.05) is 19.4 Å². The molecule has 2 atom stereocenters. The Bertz CT molecular complexity index is 350. The normalized spacial score (nSPS) is 23.8. The van der Waals surface area contributed by atoms with Crippen LogP contribution in [0.5, 0.6) is 0 Å². The molecule has 0 saturated carbocycles. The van der Waals surface area contributed by atoms with E-state index >= 15 is 0 Å². The summed E-state index contributed by atoms with van der Waals surface area (Å²) < 4.78 is 7.56. The van der Waals surface area contributed by atoms with E-state index in [-0.39, 0.29) is 12.1 Å². The van der Waals surface area contributed by atoms with E-state index in [0.717, 1.165) is 31.8 Å². The smallest absolute Gasteiger partial charge is 0.0895 e. The van der Waals surface area contributed by atoms with Crippen molar-refractivity contribution in [3.8, 4) is 0 Å². The van der Waals surface area contributed by atoms with Gasteiger partial charge in [-0.05, 0) is 13.0 Å². The Morgan fingerprint density at radius 1 is 1.65 bits per heavy atom. The molecule has 1 aliphatic rings. The van der Waals surface area contributed by atoms with Crippen LogP contribution in [0.25, 0.3) is 0 Å². The first kappa shape index (κ1) is 12.5. The van der Waals surface area contributed by atoms with E-state index < -0.39 is 0 Å². The first-order chi connectivity index (χ1) is 8.20. The molecule has 17 heavy (non-hydrogen) atoms. The van der Waals surface area contributed by atoms with Gasteiger partial charge in [0.05, 0.1) is 24.9 Å². The maximum absolute atomic E-state index is 6.24. The number of aromatic nitrogens is 2. The van der Waals surface area contributed by atoms with Gasteiger partial charge in [-0.1, -0.05) is 6.92 Å². The van der Waals surface area contributed by atoms with Gasteiger partial charge in [-0.25, -0.2) is 0 Å². The van der Waals surface area contributed by atoms with Gasteiger partial charge in [-0.15, -0.1) is 0 Å². The van der Waals surface area contributed by atoms with Gasteiger partial charge in [-0.2, -0.15) is 5.10 Å². The van der Waals surface area contributed by atoms with Crippen LogP contribution in [-0.2, 0) is 11.8 Å². The summed E-state index contributed by atoms with van der Waals surface area (Å²) in [6, 6.07) is -0.0802. The van der Waals surface area contributed by atoms with Gasteiger partial charge in [0.25, 0.3) is 0 Å². The molecule has 5 nitrogen and oxygen atoms in total. The predicted octanol–water partition coefficient (Wildman–Crippen LogP) is 0.531. The Morgan fingerprint density at radius 3 is 3.12 bits per heavy atom. The standard InChI is InChI=1S/C12H22N4O/c1-3-4-16-5-6-17-11(9-16)12(13)10-7-14-15(2)8-10/h7-8,11-12H,3-6,9,13H2,1-2H3. The highest BCUT2D eigenvalue weighted by Crippen LogP contribution is 2.19. The summed E-state index contributed by atoms with van der Waals surface area (Å²) in [4.78, 5) is 2.42. The summed E-state index contributed by atoms with van der Waals surface area (Å²) in [6.45, 7) is 6.04. The van der Waals surface area contributed by atoms with Crippen LogP contribution in [0.3, 0.4) is 0 Å². The molecule has 0 aliphatic carbocycles. The minimum Gasteiger partial charge on any atom is -0.374 e. The minimum absolute atomic E-state index is 0.0802. The molecule has 1 aliphatic heterocycles. The number of hydrogen-bond acceptors (Lipinski definition) is 4. The SMILES string of the molecule is CCCN1CCOC(C(N)c2cnn(C)c2)C1. The zero-order valence-electron chi connectivity index (χ0n) is 10.7. The van der Waals surface area contributed by atoms with Gasteiger partial charge in [-0.3, -0.25) is 9.58 Å². The van der Waals surface area contributed by atoms with Crippen molar-refractivity contribution in [1.29, 1.82) is 0 Å². The molecule has 0 bridgehead atoms. The Hall–Kier alpha value is -0.910. The van der Waals surface area contributed by atoms with Gasteiger partial charge < -0.3 is 10.5 Å². The highest BCUT2D eigenvalue weighted by Gasteiger charge is 2.27. The van der Waals surface area contributed by atoms with E-state index in [0.29, 0.717) is 0 Å². The molecule has 96 valence electrons. The van der Waals surface area contributed by atoms with Crippen LogP contribution in [0, 0.1) is 0 Å². The first-order valence-electron chi connectivity index (χ1n) is 6.28. The van der Waals surface area contributed by atoms with E-state index in [4.69, 9.17) is 10.5 Å². The molecular weight excluding hydrogens is 216 g/mol. The second kappa shape index (κ2) is 5.62. The Labute approximate surface area is 103 Å². The molecule has 2 heterocycles. The molecule has 2 N–H and O–H groups in total. The van der Waals surface area contributed by atoms with Crippen molar-refractivity contribution in [2.75, 3.05) is 26.2 Å². The van der Waals surface area contributed by atoms with Crippen molar-refractivity contribution in [1.82, 2.24) is 14.7 Å². The molecule has 1 aromatic heterocycles. The second-order valence-corrected chi connectivity index (χ2v) is 4.68. The molecule has 2 rings (SSSR count). The number of nitrogens with two attached hydrogens (primary N) is 1. The van der Waals surface area contributed by atoms with Crippen molar-refractivity contribution in [2.24, 2.45) is 12.8 Å². The van der Waals surface area contributed by atoms with Crippen LogP contribution in [0.15, 0.2) is 12.4 Å². The Balaban J connectivity index is 1.97. The number of aryl methyl sites for hydroxylation is 1. The van der Waals surface area contributed by atoms with Crippen LogP contribution >= 0.6 is 0 Å². The lowest BCUT2D eigenvalue weighted by Gasteiger charge is -2.35. The average Bonchev–Trinajstić information content (AvgIpc) is 2.76. The summed E-state index contributed by atoms with van der Waals surface area (Å²) in [6.07, 6.45) is 5.05. The lowest BCUT2D eigenvalue weighted by Crippen LogP contribution is -2.47. The summed E-state index contributed by atoms with van der Waals surface area (Å²) in [7, 11) is 1.90. The van der Waals surface area contributed by atoms with Gasteiger partial charge in [0.2, 0.25) is 0 Å². The molecule has 0 aromatic carbocycles. The largest absolute Gasteiger partial charge is 0.374 e. The van der Waals surface area contributed by atoms with Gasteiger partial charge in [0.1, 0.15) is 0 Å². The Morgan fingerprint density at radius 2 is 2.47 bits per heavy atom. The summed E-state index contributed by atoms with van der Waals surface area (Å²) in [5, 5.41) is 4.16. The van der Waals surface area contributed by atoms with Crippen molar-refractivity contribution < 1.29 is 4.74 Å². The average molecular weight is 238 g/mol. The first-order valence-corrected chi connectivity index (χ1v) is 6.28. The molecule has 2 unspecified atom stereocenters. The number of nitrogens with zero attached hydrogens (tertiary/aromatic N) is 3. The molecule has 0 spiro atoms. The number of morpholine rings is 1. The van der Waals surface area contributed by atoms with Gasteiger partial charge in [0, 0.05) is 31.9 Å². The topological polar surface area (TPSA) is 56.3 Å². The van der Waals surface area contributed by atoms with E-state index in [1.54, 1.807) is 4.68 Å². The van der Waals surface area contributed by atoms with E-state index in [1.165, 1.54) is 6.42 Å². The highest BCUT2D eigenvalue weighted by atomic mass is 16.5. The quantitative estimate of drug-likeness (QED) is 0.831. The molecule has 1 fully saturated rings. The number of rotatable bonds is 4. The Kier molecular flexibility index (Phi) is 4.15. The fraction of sp³-hybridized carbons (Fsp3) is 0.750. The molecule has 0 amide bonds. The molecule has 5 heteroatoms. The summed E-state index contributed by atoms with van der Waals surface area (Å²) in [5.41, 5.74) is 7.29. The van der Waals surface area contributed by atoms with Gasteiger partial charge >= 0.3 is 0 Å². The maximum atomic E-state index is 6.24. The summed E-state index contributed by atoms with van der Waals surface area (Å²) >= 11 is 0. The van der Waals surface area contributed by atoms with Crippen molar-refractivity contribution in [2.45, 2.75) is 25.5 Å². The molecule has 0 radical (unpaired) electrons. The zero-order chi connectivity index (χ0) is 12.3. The lowest BCUT2D eigenvalue weighted by molar-refractivity contribution is -0.0408. The van der Waals surface area contributed by atoms with Gasteiger partial charge in [0.15, 0.2) is 0 Å². The van der Waals surface area contributed by atoms with E-state index in [9.17, 15) is 0 Å². The minimum atomic E-state index is -0.0802. The molecular formula is C12H22N4O. The van der Waals surface area contributed by atoms with Crippen LogP contribution in [0.4, 0.5) is 0 Å². The fourth-order valence-corrected chi connectivity index (χ4v) is 2.30. The third-order valence-corrected chi connectivity index (χ3v) is 3.23. The van der Waals surface area contributed by atoms with Crippen molar-refractivity contribution in [3.63, 3.8) is 0 Å². The molecule has 1 aromatic rings. The third kappa shape index (κ3) is 3.06. The van der Waals surface area contributed by atoms with Crippen LogP contribution in [0.2, 0.25) is 0 Å². The number of ether oxygens (including phenoxy) is 1. The maximum Gasteiger partial charge on any atom is 0.0895 e. The molecule has 1 saturated heterocycles. The zero-order valence-corrected chi connectivity index (χ0v) is 10.7. The summed E-state index contributed by atoms with van der Waals surface area (Å²) in [5.74, 6) is 0. The second-order valence-electron chi connectivity index (χ2n) is 4.68. The van der Waals surface area contributed by atoms with Crippen LogP contribution in [-0.4, -0.2) is 47.0 Å². The van der Waals surface area contributed by atoms with Crippen molar-refractivity contribution >= 4 is 0 Å². The lowest BCUT2D eigenvalue weighted by atomic mass is 10.0. The monoisotopic (exact) mass is 238 g/mol. The third-order valence-electron chi connectivity index (χ3n) is 3.23. The fourth-order valence-electron chi connectivity index (χ4n) is 2.30. The van der Waals surface area contributed by atoms with Crippen LogP contribution in [0.1, 0.15) is 24.9 Å². The predicted molar refractivity (Wildman–Crippen MR) is 66.6 cm³/mol. The number of hydrogen-bond donors (Lipinski definition) is 1. The van der Waals surface area contributed by atoms with Crippen LogP contribution < -0.4 is 5.73 Å². The highest BCUT2D eigenvalue weighted by molar-refractivity contribution is 5.12. The van der Waals surface area contributed by atoms with Crippen molar-refractivity contribution in [3.05, 3.63) is 18.0 Å².